The summed E-state index contributed by atoms with van der Waals surface area (Å²) in [6.45, 7) is 4.94. The molecular weight excluding hydrogens is 427 g/mol. The van der Waals surface area contributed by atoms with Crippen molar-refractivity contribution in [3.8, 4) is 11.5 Å². The SMILES string of the molecule is O[C@H](COc1ccc(Cl)cc1)CN1CCN(C[C@H](O)COc2ccc(Cl)cc2)CC1. The molecule has 2 atom stereocenters. The van der Waals surface area contributed by atoms with Gasteiger partial charge in [-0.25, -0.2) is 0 Å². The summed E-state index contributed by atoms with van der Waals surface area (Å²) in [6, 6.07) is 14.2. The van der Waals surface area contributed by atoms with E-state index in [1.165, 1.54) is 0 Å². The standard InChI is InChI=1S/C22H28Cl2N2O4/c23-17-1-5-21(6-2-17)29-15-19(27)13-25-9-11-26(12-10-25)14-20(28)16-30-22-7-3-18(24)4-8-22/h1-8,19-20,27-28H,9-16H2/t19-,20-/m0/s1. The molecule has 0 aliphatic carbocycles. The lowest BCUT2D eigenvalue weighted by atomic mass is 10.2. The number of aliphatic hydroxyl groups is 2. The Kier molecular flexibility index (Phi) is 9.05. The Hall–Kier alpha value is -1.54. The molecule has 0 radical (unpaired) electrons. The maximum absolute atomic E-state index is 10.3. The molecule has 1 fully saturated rings. The van der Waals surface area contributed by atoms with Gasteiger partial charge in [-0.2, -0.15) is 0 Å². The van der Waals surface area contributed by atoms with Crippen LogP contribution in [0.25, 0.3) is 0 Å². The second-order valence-corrected chi connectivity index (χ2v) is 8.31. The zero-order valence-electron chi connectivity index (χ0n) is 16.8. The molecular formula is C22H28Cl2N2O4. The van der Waals surface area contributed by atoms with Crippen molar-refractivity contribution >= 4 is 23.2 Å². The molecule has 0 bridgehead atoms. The van der Waals surface area contributed by atoms with Crippen LogP contribution in [-0.4, -0.2) is 84.7 Å². The second-order valence-electron chi connectivity index (χ2n) is 7.44. The van der Waals surface area contributed by atoms with E-state index >= 15 is 0 Å². The maximum Gasteiger partial charge on any atom is 0.119 e. The molecule has 0 amide bonds. The molecule has 2 N–H and O–H groups in total. The molecule has 164 valence electrons. The normalized spacial score (nSPS) is 17.5. The third kappa shape index (κ3) is 7.95. The number of β-amino-alcohol motifs (C(OH)–C–C–N with tert-alkyl or cyclic N) is 2. The van der Waals surface area contributed by atoms with Gasteiger partial charge < -0.3 is 19.7 Å². The first-order chi connectivity index (χ1) is 14.5. The van der Waals surface area contributed by atoms with Crippen molar-refractivity contribution in [1.29, 1.82) is 0 Å². The van der Waals surface area contributed by atoms with Crippen molar-refractivity contribution in [2.24, 2.45) is 0 Å². The topological polar surface area (TPSA) is 65.4 Å². The number of piperazine rings is 1. The number of hydrogen-bond acceptors (Lipinski definition) is 6. The third-order valence-electron chi connectivity index (χ3n) is 4.91. The predicted octanol–water partition coefficient (Wildman–Crippen LogP) is 2.79. The molecule has 1 heterocycles. The predicted molar refractivity (Wildman–Crippen MR) is 119 cm³/mol. The summed E-state index contributed by atoms with van der Waals surface area (Å²) in [6.07, 6.45) is -1.13. The van der Waals surface area contributed by atoms with Gasteiger partial charge in [0.2, 0.25) is 0 Å². The van der Waals surface area contributed by atoms with Gasteiger partial charge in [0.15, 0.2) is 0 Å². The minimum Gasteiger partial charge on any atom is -0.491 e. The second kappa shape index (κ2) is 11.7. The van der Waals surface area contributed by atoms with Crippen LogP contribution in [0.15, 0.2) is 48.5 Å². The Morgan fingerprint density at radius 2 is 1.00 bits per heavy atom. The van der Waals surface area contributed by atoms with Crippen LogP contribution < -0.4 is 9.47 Å². The number of halogens is 2. The highest BCUT2D eigenvalue weighted by Gasteiger charge is 2.21. The number of benzene rings is 2. The van der Waals surface area contributed by atoms with Crippen LogP contribution in [0.1, 0.15) is 0 Å². The summed E-state index contributed by atoms with van der Waals surface area (Å²) in [5, 5.41) is 21.8. The average molecular weight is 455 g/mol. The number of hydrogen-bond donors (Lipinski definition) is 2. The summed E-state index contributed by atoms with van der Waals surface area (Å²) in [5.41, 5.74) is 0. The first-order valence-electron chi connectivity index (χ1n) is 10.1. The molecule has 2 aromatic carbocycles. The lowest BCUT2D eigenvalue weighted by Crippen LogP contribution is -2.51. The largest absolute Gasteiger partial charge is 0.491 e. The molecule has 0 aromatic heterocycles. The minimum absolute atomic E-state index is 0.239. The summed E-state index contributed by atoms with van der Waals surface area (Å²) < 4.78 is 11.2. The summed E-state index contributed by atoms with van der Waals surface area (Å²) in [7, 11) is 0. The van der Waals surface area contributed by atoms with Crippen molar-refractivity contribution in [2.75, 3.05) is 52.5 Å². The molecule has 3 rings (SSSR count). The lowest BCUT2D eigenvalue weighted by molar-refractivity contribution is 0.0240. The number of rotatable bonds is 10. The van der Waals surface area contributed by atoms with Crippen molar-refractivity contribution in [1.82, 2.24) is 9.80 Å². The van der Waals surface area contributed by atoms with Gasteiger partial charge in [-0.05, 0) is 48.5 Å². The number of ether oxygens (including phenoxy) is 2. The van der Waals surface area contributed by atoms with Crippen LogP contribution >= 0.6 is 23.2 Å². The van der Waals surface area contributed by atoms with Gasteiger partial charge >= 0.3 is 0 Å². The Labute approximate surface area is 187 Å². The highest BCUT2D eigenvalue weighted by atomic mass is 35.5. The lowest BCUT2D eigenvalue weighted by Gasteiger charge is -2.36. The van der Waals surface area contributed by atoms with Gasteiger partial charge in [0.25, 0.3) is 0 Å². The highest BCUT2D eigenvalue weighted by molar-refractivity contribution is 6.30. The molecule has 8 heteroatoms. The van der Waals surface area contributed by atoms with Gasteiger partial charge in [0.05, 0.1) is 0 Å². The molecule has 30 heavy (non-hydrogen) atoms. The van der Waals surface area contributed by atoms with E-state index in [9.17, 15) is 10.2 Å². The van der Waals surface area contributed by atoms with Crippen LogP contribution in [0, 0.1) is 0 Å². The highest BCUT2D eigenvalue weighted by Crippen LogP contribution is 2.17. The zero-order chi connectivity index (χ0) is 21.3. The molecule has 0 saturated carbocycles. The number of nitrogens with zero attached hydrogens (tertiary/aromatic N) is 2. The summed E-state index contributed by atoms with van der Waals surface area (Å²) in [4.78, 5) is 4.42. The third-order valence-corrected chi connectivity index (χ3v) is 5.42. The van der Waals surface area contributed by atoms with Crippen molar-refractivity contribution < 1.29 is 19.7 Å². The fraction of sp³-hybridized carbons (Fsp3) is 0.455. The zero-order valence-corrected chi connectivity index (χ0v) is 18.3. The molecule has 2 aromatic rings. The Bertz CT molecular complexity index is 687. The van der Waals surface area contributed by atoms with Crippen molar-refractivity contribution in [2.45, 2.75) is 12.2 Å². The van der Waals surface area contributed by atoms with E-state index in [2.05, 4.69) is 9.80 Å². The maximum atomic E-state index is 10.3. The van der Waals surface area contributed by atoms with Gasteiger partial charge in [-0.15, -0.1) is 0 Å². The van der Waals surface area contributed by atoms with Gasteiger partial charge in [-0.1, -0.05) is 23.2 Å². The van der Waals surface area contributed by atoms with E-state index in [0.29, 0.717) is 34.6 Å². The minimum atomic E-state index is -0.564. The van der Waals surface area contributed by atoms with Crippen molar-refractivity contribution in [3.63, 3.8) is 0 Å². The van der Waals surface area contributed by atoms with Crippen molar-refractivity contribution in [3.05, 3.63) is 58.6 Å². The fourth-order valence-corrected chi connectivity index (χ4v) is 3.55. The number of aliphatic hydroxyl groups excluding tert-OH is 2. The first-order valence-corrected chi connectivity index (χ1v) is 10.8. The monoisotopic (exact) mass is 454 g/mol. The van der Waals surface area contributed by atoms with Gasteiger partial charge in [0.1, 0.15) is 36.9 Å². The van der Waals surface area contributed by atoms with Crippen LogP contribution in [0.4, 0.5) is 0 Å². The summed E-state index contributed by atoms with van der Waals surface area (Å²) >= 11 is 11.7. The smallest absolute Gasteiger partial charge is 0.119 e. The van der Waals surface area contributed by atoms with E-state index in [-0.39, 0.29) is 13.2 Å². The molecule has 1 saturated heterocycles. The Morgan fingerprint density at radius 3 is 1.33 bits per heavy atom. The Morgan fingerprint density at radius 1 is 0.667 bits per heavy atom. The van der Waals surface area contributed by atoms with E-state index in [0.717, 1.165) is 26.2 Å². The molecule has 0 spiro atoms. The van der Waals surface area contributed by atoms with Crippen LogP contribution in [0.3, 0.4) is 0 Å². The van der Waals surface area contributed by atoms with E-state index in [1.807, 2.05) is 0 Å². The van der Waals surface area contributed by atoms with Crippen LogP contribution in [0.5, 0.6) is 11.5 Å². The van der Waals surface area contributed by atoms with Gasteiger partial charge in [0, 0.05) is 49.3 Å². The van der Waals surface area contributed by atoms with E-state index in [1.54, 1.807) is 48.5 Å². The molecule has 0 unspecified atom stereocenters. The van der Waals surface area contributed by atoms with Crippen LogP contribution in [0.2, 0.25) is 10.0 Å². The van der Waals surface area contributed by atoms with E-state index in [4.69, 9.17) is 32.7 Å². The quantitative estimate of drug-likeness (QED) is 0.575. The van der Waals surface area contributed by atoms with Crippen LogP contribution in [-0.2, 0) is 0 Å². The fourth-order valence-electron chi connectivity index (χ4n) is 3.30. The molecule has 6 nitrogen and oxygen atoms in total. The van der Waals surface area contributed by atoms with Gasteiger partial charge in [-0.3, -0.25) is 9.80 Å². The first kappa shape index (κ1) is 23.1. The average Bonchev–Trinajstić information content (AvgIpc) is 2.74. The molecule has 1 aliphatic heterocycles. The Balaban J connectivity index is 1.30. The molecule has 1 aliphatic rings. The van der Waals surface area contributed by atoms with E-state index < -0.39 is 12.2 Å². The summed E-state index contributed by atoms with van der Waals surface area (Å²) in [5.74, 6) is 1.39.